The summed E-state index contributed by atoms with van der Waals surface area (Å²) in [6.45, 7) is 11.4. The molecule has 8 aromatic heterocycles. The topological polar surface area (TPSA) is 260 Å². The summed E-state index contributed by atoms with van der Waals surface area (Å²) in [5.41, 5.74) is 13.2. The zero-order valence-corrected chi connectivity index (χ0v) is 56.1. The summed E-state index contributed by atoms with van der Waals surface area (Å²) in [4.78, 5) is 111. The zero-order valence-electron chi connectivity index (χ0n) is 56.1. The molecule has 19 heteroatoms. The highest BCUT2D eigenvalue weighted by atomic mass is 16.3. The van der Waals surface area contributed by atoms with Crippen LogP contribution in [0.15, 0.2) is 238 Å². The number of pyridine rings is 8. The van der Waals surface area contributed by atoms with Gasteiger partial charge in [0.1, 0.15) is 28.9 Å². The number of nitrogens with one attached hydrogen (secondary N) is 4. The van der Waals surface area contributed by atoms with Gasteiger partial charge in [-0.3, -0.25) is 60.8 Å². The molecule has 0 unspecified atom stereocenters. The quantitative estimate of drug-likeness (QED) is 0.0369. The van der Waals surface area contributed by atoms with Gasteiger partial charge in [-0.25, -0.2) is 0 Å². The van der Waals surface area contributed by atoms with Crippen molar-refractivity contribution in [2.24, 2.45) is 0 Å². The Morgan fingerprint density at radius 3 is 1.02 bits per heavy atom. The molecule has 0 radical (unpaired) electrons. The van der Waals surface area contributed by atoms with E-state index >= 15 is 0 Å². The second-order valence-corrected chi connectivity index (χ2v) is 23.8. The molecule has 0 saturated carbocycles. The lowest BCUT2D eigenvalue weighted by molar-refractivity contribution is 0.0941. The van der Waals surface area contributed by atoms with Crippen molar-refractivity contribution in [3.05, 3.63) is 349 Å². The molecular formula is C81H76N8O11. The maximum Gasteiger partial charge on any atom is 0.267 e. The zero-order chi connectivity index (χ0) is 71.2. The number of aliphatic hydroxyl groups is 2. The van der Waals surface area contributed by atoms with E-state index < -0.39 is 22.9 Å². The maximum atomic E-state index is 12.7. The van der Waals surface area contributed by atoms with Crippen LogP contribution in [0.3, 0.4) is 0 Å². The molecule has 0 atom stereocenters. The second-order valence-electron chi connectivity index (χ2n) is 23.8. The van der Waals surface area contributed by atoms with E-state index in [0.717, 1.165) is 67.5 Å². The number of aryl methyl sites for hydroxylation is 6. The average Bonchev–Trinajstić information content (AvgIpc) is 0.818. The molecule has 0 bridgehead atoms. The van der Waals surface area contributed by atoms with E-state index in [1.165, 1.54) is 37.1 Å². The molecule has 12 aromatic rings. The number of fused-ring (bicyclic) bond motifs is 4. The van der Waals surface area contributed by atoms with Crippen LogP contribution in [-0.4, -0.2) is 70.9 Å². The van der Waals surface area contributed by atoms with Gasteiger partial charge in [0.15, 0.2) is 6.29 Å². The summed E-state index contributed by atoms with van der Waals surface area (Å²) in [6.07, 6.45) is 9.36. The maximum absolute atomic E-state index is 12.7. The van der Waals surface area contributed by atoms with Gasteiger partial charge in [0, 0.05) is 90.8 Å². The van der Waals surface area contributed by atoms with E-state index in [2.05, 4.69) is 33.1 Å². The fourth-order valence-corrected chi connectivity index (χ4v) is 10.4. The summed E-state index contributed by atoms with van der Waals surface area (Å²) < 4.78 is 5.74. The number of carbonyl (C=O) groups is 5. The van der Waals surface area contributed by atoms with Crippen molar-refractivity contribution in [3.8, 4) is 11.8 Å². The molecule has 4 aromatic carbocycles. The number of nitrogens with zero attached hydrogens (tertiary/aromatic N) is 4. The average molecular weight is 1340 g/mol. The molecule has 0 saturated heterocycles. The molecule has 0 aliphatic rings. The van der Waals surface area contributed by atoms with Gasteiger partial charge >= 0.3 is 0 Å². The normalized spacial score (nSPS) is 10.6. The van der Waals surface area contributed by atoms with Gasteiger partial charge in [-0.05, 0) is 165 Å². The van der Waals surface area contributed by atoms with Crippen molar-refractivity contribution in [2.75, 3.05) is 13.2 Å². The highest BCUT2D eigenvalue weighted by Gasteiger charge is 2.17. The first kappa shape index (κ1) is 71.9. The first-order valence-electron chi connectivity index (χ1n) is 32.4. The Balaban J connectivity index is 0.000000156. The van der Waals surface area contributed by atoms with Crippen molar-refractivity contribution in [3.63, 3.8) is 0 Å². The number of rotatable bonds is 17. The fourth-order valence-electron chi connectivity index (χ4n) is 10.4. The Morgan fingerprint density at radius 2 is 0.680 bits per heavy atom. The molecular weight excluding hydrogens is 1260 g/mol. The molecule has 4 amide bonds. The SMILES string of the molecule is CCc1ccc2ccc(C(=O)NCc3ccc(C)cc3)c(=O)n2c1.Cc1ccc(CNC(=O)c2ccc3ccc(C#CCO)cn3c2=O)cc1.Cc1ccc(CNC(=O)c2ccc3ccc(C=O)cn3c2=O)cc1.Cc1ccc(CNC(=O)c2ccc3ccc(CCCO)cn3c2=O)cc1. The number of benzene rings is 4. The minimum absolute atomic E-state index is 0.0441. The van der Waals surface area contributed by atoms with Crippen LogP contribution in [0.1, 0.15) is 126 Å². The van der Waals surface area contributed by atoms with Gasteiger partial charge in [0.05, 0.1) is 0 Å². The second kappa shape index (κ2) is 34.5. The number of hydrogen-bond acceptors (Lipinski definition) is 11. The molecule has 6 N–H and O–H groups in total. The molecule has 0 spiro atoms. The van der Waals surface area contributed by atoms with Crippen LogP contribution in [0.4, 0.5) is 0 Å². The number of aliphatic hydroxyl groups excluding tert-OH is 2. The monoisotopic (exact) mass is 1340 g/mol. The van der Waals surface area contributed by atoms with E-state index in [4.69, 9.17) is 10.2 Å². The van der Waals surface area contributed by atoms with Crippen molar-refractivity contribution in [1.82, 2.24) is 38.9 Å². The van der Waals surface area contributed by atoms with Gasteiger partial charge < -0.3 is 31.5 Å². The fraction of sp³-hybridized carbons (Fsp3) is 0.173. The van der Waals surface area contributed by atoms with E-state index in [-0.39, 0.29) is 58.4 Å². The number of aromatic nitrogens is 4. The van der Waals surface area contributed by atoms with E-state index in [0.29, 0.717) is 67.5 Å². The molecule has 8 heterocycles. The van der Waals surface area contributed by atoms with Gasteiger partial charge in [-0.2, -0.15) is 0 Å². The third-order valence-electron chi connectivity index (χ3n) is 16.3. The molecule has 506 valence electrons. The molecule has 0 aliphatic heterocycles. The summed E-state index contributed by atoms with van der Waals surface area (Å²) in [5.74, 6) is 3.70. The molecule has 0 fully saturated rings. The molecule has 0 aliphatic carbocycles. The van der Waals surface area contributed by atoms with Crippen molar-refractivity contribution >= 4 is 52.0 Å². The number of carbonyl (C=O) groups excluding carboxylic acids is 5. The van der Waals surface area contributed by atoms with Crippen molar-refractivity contribution in [1.29, 1.82) is 0 Å². The molecule has 100 heavy (non-hydrogen) atoms. The van der Waals surface area contributed by atoms with Crippen LogP contribution >= 0.6 is 0 Å². The Labute approximate surface area is 576 Å². The largest absolute Gasteiger partial charge is 0.396 e. The third kappa shape index (κ3) is 19.0. The molecule has 12 rings (SSSR count). The van der Waals surface area contributed by atoms with Gasteiger partial charge in [-0.15, -0.1) is 0 Å². The first-order chi connectivity index (χ1) is 48.3. The highest BCUT2D eigenvalue weighted by molar-refractivity contribution is 5.96. The first-order valence-corrected chi connectivity index (χ1v) is 32.4. The van der Waals surface area contributed by atoms with Crippen LogP contribution < -0.4 is 43.5 Å². The van der Waals surface area contributed by atoms with Gasteiger partial charge in [-0.1, -0.05) is 150 Å². The van der Waals surface area contributed by atoms with E-state index in [1.54, 1.807) is 83.7 Å². The lowest BCUT2D eigenvalue weighted by atomic mass is 10.1. The predicted octanol–water partition coefficient (Wildman–Crippen LogP) is 9.80. The van der Waals surface area contributed by atoms with Gasteiger partial charge in [0.25, 0.3) is 45.9 Å². The Kier molecular flexibility index (Phi) is 24.8. The lowest BCUT2D eigenvalue weighted by Gasteiger charge is -2.08. The van der Waals surface area contributed by atoms with Crippen LogP contribution in [-0.2, 0) is 39.0 Å². The van der Waals surface area contributed by atoms with Gasteiger partial charge in [0.2, 0.25) is 0 Å². The third-order valence-corrected chi connectivity index (χ3v) is 16.3. The van der Waals surface area contributed by atoms with Crippen LogP contribution in [0.25, 0.3) is 22.1 Å². The van der Waals surface area contributed by atoms with Crippen LogP contribution in [0, 0.1) is 39.5 Å². The lowest BCUT2D eigenvalue weighted by Crippen LogP contribution is -2.30. The Hall–Kier alpha value is -12.4. The number of aldehydes is 1. The number of hydrogen-bond donors (Lipinski definition) is 6. The minimum atomic E-state index is -0.447. The summed E-state index contributed by atoms with van der Waals surface area (Å²) in [5, 5.41) is 28.9. The smallest absolute Gasteiger partial charge is 0.267 e. The van der Waals surface area contributed by atoms with Crippen LogP contribution in [0.5, 0.6) is 0 Å². The summed E-state index contributed by atoms with van der Waals surface area (Å²) >= 11 is 0. The van der Waals surface area contributed by atoms with Crippen LogP contribution in [0.2, 0.25) is 0 Å². The van der Waals surface area contributed by atoms with Crippen molar-refractivity contribution in [2.45, 2.75) is 80.1 Å². The summed E-state index contributed by atoms with van der Waals surface area (Å²) in [6, 6.07) is 59.0. The molecule has 19 nitrogen and oxygen atoms in total. The predicted molar refractivity (Wildman–Crippen MR) is 388 cm³/mol. The standard InChI is InChI=1S/C21H22N2O3.C21H18N2O3.C20H20N2O2.C19H16N2O3/c2*1-15-4-6-16(7-5-15)13-22-20(25)19-11-10-18-9-8-17(3-2-12-24)14-23(18)21(19)26;1-3-15-8-9-17-10-11-18(20(24)22(17)13-15)19(23)21-12-16-6-4-14(2)5-7-16;1-13-2-4-14(5-3-13)10-20-18(23)17-9-8-16-7-6-15(12-22)11-21(16)19(17)24/h4-11,14,24H,2-3,12-13H2,1H3,(H,22,25);4-11,14,24H,12-13H2,1H3,(H,22,25);4-11,13H,3,12H2,1-2H3,(H,21,23);2-9,11-12H,10H2,1H3,(H,20,23). The Bertz CT molecular complexity index is 5280. The Morgan fingerprint density at radius 1 is 0.380 bits per heavy atom. The number of amides is 4. The van der Waals surface area contributed by atoms with Crippen molar-refractivity contribution < 1.29 is 34.2 Å². The highest BCUT2D eigenvalue weighted by Crippen LogP contribution is 2.13. The van der Waals surface area contributed by atoms with E-state index in [9.17, 15) is 43.2 Å². The summed E-state index contributed by atoms with van der Waals surface area (Å²) in [7, 11) is 0. The minimum Gasteiger partial charge on any atom is -0.396 e. The van der Waals surface area contributed by atoms with E-state index in [1.807, 2.05) is 156 Å².